The summed E-state index contributed by atoms with van der Waals surface area (Å²) in [6.45, 7) is 8.27. The van der Waals surface area contributed by atoms with Crippen LogP contribution in [0.5, 0.6) is 0 Å². The standard InChI is InChI=1S/C5H6.Ba/c1-3-5-4-2;/h1,3-5H,2H2;/q-2;+2/b5-4-;. The summed E-state index contributed by atoms with van der Waals surface area (Å²) in [5, 5.41) is 0. The van der Waals surface area contributed by atoms with E-state index < -0.39 is 0 Å². The molecule has 0 heterocycles. The minimum absolute atomic E-state index is 0. The fraction of sp³-hybridized carbons (Fsp3) is 0. The Labute approximate surface area is 79.4 Å². The molecule has 0 aromatic rings. The summed E-state index contributed by atoms with van der Waals surface area (Å²) in [5.74, 6) is 0. The first-order valence-corrected chi connectivity index (χ1v) is 1.41. The first-order valence-electron chi connectivity index (χ1n) is 1.41. The molecule has 0 fully saturated rings. The van der Waals surface area contributed by atoms with Crippen LogP contribution in [0.1, 0.15) is 0 Å². The molecule has 0 bridgehead atoms. The van der Waals surface area contributed by atoms with Gasteiger partial charge in [-0.1, -0.05) is 0 Å². The number of allylic oxidation sites excluding steroid dienone is 3. The van der Waals surface area contributed by atoms with E-state index in [2.05, 4.69) is 6.92 Å². The van der Waals surface area contributed by atoms with E-state index in [-0.39, 0.29) is 48.9 Å². The molecule has 28 valence electrons. The molecule has 0 amide bonds. The molecule has 0 radical (unpaired) electrons. The van der Waals surface area contributed by atoms with Crippen molar-refractivity contribution in [1.82, 2.24) is 0 Å². The van der Waals surface area contributed by atoms with Crippen molar-refractivity contribution in [3.63, 3.8) is 0 Å². The fourth-order valence-corrected chi connectivity index (χ4v) is 0.0786. The largest absolute Gasteiger partial charge is 2.00 e. The monoisotopic (exact) mass is 204 g/mol. The molecule has 0 spiro atoms. The second kappa shape index (κ2) is 9.33. The second-order valence-electron chi connectivity index (χ2n) is 0.621. The third-order valence-electron chi connectivity index (χ3n) is 0.247. The third-order valence-corrected chi connectivity index (χ3v) is 0.247. The molecule has 0 saturated heterocycles. The average molecular weight is 203 g/mol. The zero-order valence-electron chi connectivity index (χ0n) is 3.72. The molecular formula is C5H6Ba. The normalized spacial score (nSPS) is 7.33. The van der Waals surface area contributed by atoms with Crippen LogP contribution in [0, 0.1) is 13.5 Å². The molecule has 0 aromatic carbocycles. The van der Waals surface area contributed by atoms with Crippen LogP contribution < -0.4 is 0 Å². The van der Waals surface area contributed by atoms with Crippen LogP contribution in [0.25, 0.3) is 0 Å². The molecule has 0 rings (SSSR count). The van der Waals surface area contributed by atoms with Crippen molar-refractivity contribution < 1.29 is 0 Å². The van der Waals surface area contributed by atoms with E-state index in [9.17, 15) is 0 Å². The first kappa shape index (κ1) is 10.0. The van der Waals surface area contributed by atoms with Crippen LogP contribution in [0.4, 0.5) is 0 Å². The molecule has 6 heavy (non-hydrogen) atoms. The molecule has 0 aliphatic heterocycles. The third kappa shape index (κ3) is 8.87. The van der Waals surface area contributed by atoms with Crippen molar-refractivity contribution in [1.29, 1.82) is 0 Å². The predicted octanol–water partition coefficient (Wildman–Crippen LogP) is 0.985. The summed E-state index contributed by atoms with van der Waals surface area (Å²) < 4.78 is 0. The second-order valence-corrected chi connectivity index (χ2v) is 0.621. The summed E-state index contributed by atoms with van der Waals surface area (Å²) in [7, 11) is 0. The zero-order valence-corrected chi connectivity index (χ0v) is 8.16. The molecule has 0 N–H and O–H groups in total. The van der Waals surface area contributed by atoms with E-state index in [1.807, 2.05) is 0 Å². The van der Waals surface area contributed by atoms with Gasteiger partial charge < -0.3 is 0 Å². The van der Waals surface area contributed by atoms with Gasteiger partial charge in [-0.3, -0.25) is 6.58 Å². The Morgan fingerprint density at radius 1 is 1.50 bits per heavy atom. The SMILES string of the molecule is [Ba+2].[CH-]=C/C=C\[CH2-]. The Morgan fingerprint density at radius 3 is 2.00 bits per heavy atom. The van der Waals surface area contributed by atoms with Crippen molar-refractivity contribution >= 4 is 48.9 Å². The minimum atomic E-state index is 0. The smallest absolute Gasteiger partial charge is 0.293 e. The van der Waals surface area contributed by atoms with Gasteiger partial charge in [-0.05, 0) is 0 Å². The number of rotatable bonds is 1. The van der Waals surface area contributed by atoms with E-state index in [4.69, 9.17) is 6.58 Å². The van der Waals surface area contributed by atoms with Gasteiger partial charge in [-0.15, -0.1) is 0 Å². The van der Waals surface area contributed by atoms with Gasteiger partial charge >= 0.3 is 48.9 Å². The summed E-state index contributed by atoms with van der Waals surface area (Å²) in [6.07, 6.45) is 4.73. The van der Waals surface area contributed by atoms with E-state index >= 15 is 0 Å². The van der Waals surface area contributed by atoms with Gasteiger partial charge in [-0.2, -0.15) is 0 Å². The Balaban J connectivity index is 0. The van der Waals surface area contributed by atoms with E-state index in [0.717, 1.165) is 0 Å². The first-order chi connectivity index (χ1) is 2.41. The maximum Gasteiger partial charge on any atom is 2.00 e. The van der Waals surface area contributed by atoms with Gasteiger partial charge in [0.2, 0.25) is 0 Å². The maximum absolute atomic E-state index is 4.89. The van der Waals surface area contributed by atoms with Gasteiger partial charge in [0.05, 0.1) is 0 Å². The average Bonchev–Trinajstić information content (AvgIpc) is 1.41. The van der Waals surface area contributed by atoms with Gasteiger partial charge in [0.1, 0.15) is 0 Å². The molecule has 0 atom stereocenters. The van der Waals surface area contributed by atoms with E-state index in [0.29, 0.717) is 0 Å². The fourth-order valence-electron chi connectivity index (χ4n) is 0.0786. The summed E-state index contributed by atoms with van der Waals surface area (Å²) >= 11 is 0. The van der Waals surface area contributed by atoms with Crippen LogP contribution in [0.3, 0.4) is 0 Å². The summed E-state index contributed by atoms with van der Waals surface area (Å²) in [4.78, 5) is 0. The Bertz CT molecular complexity index is 45.9. The molecule has 0 aliphatic rings. The van der Waals surface area contributed by atoms with Gasteiger partial charge in [-0.25, -0.2) is 25.2 Å². The van der Waals surface area contributed by atoms with Crippen LogP contribution in [0.15, 0.2) is 18.2 Å². The molecule has 0 aromatic heterocycles. The van der Waals surface area contributed by atoms with E-state index in [1.54, 1.807) is 12.2 Å². The van der Waals surface area contributed by atoms with Crippen molar-refractivity contribution in [2.24, 2.45) is 0 Å². The number of hydrogen-bond donors (Lipinski definition) is 0. The molecule has 0 nitrogen and oxygen atoms in total. The van der Waals surface area contributed by atoms with Crippen LogP contribution in [0.2, 0.25) is 0 Å². The van der Waals surface area contributed by atoms with Crippen LogP contribution >= 0.6 is 0 Å². The van der Waals surface area contributed by atoms with Crippen molar-refractivity contribution in [2.45, 2.75) is 0 Å². The zero-order chi connectivity index (χ0) is 4.12. The van der Waals surface area contributed by atoms with Crippen molar-refractivity contribution in [2.75, 3.05) is 0 Å². The van der Waals surface area contributed by atoms with Crippen LogP contribution in [-0.2, 0) is 0 Å². The van der Waals surface area contributed by atoms with Gasteiger partial charge in [0.15, 0.2) is 0 Å². The van der Waals surface area contributed by atoms with Crippen molar-refractivity contribution in [3.8, 4) is 0 Å². The predicted molar refractivity (Wildman–Crippen MR) is 29.1 cm³/mol. The molecule has 0 saturated carbocycles. The Hall–Kier alpha value is 0.921. The molecule has 0 unspecified atom stereocenters. The maximum atomic E-state index is 4.89. The molecular weight excluding hydrogens is 197 g/mol. The minimum Gasteiger partial charge on any atom is -0.293 e. The van der Waals surface area contributed by atoms with Crippen molar-refractivity contribution in [3.05, 3.63) is 31.7 Å². The van der Waals surface area contributed by atoms with Crippen LogP contribution in [-0.4, -0.2) is 48.9 Å². The topological polar surface area (TPSA) is 0 Å². The summed E-state index contributed by atoms with van der Waals surface area (Å²) in [5.41, 5.74) is 0. The Kier molecular flexibility index (Phi) is 15.6. The van der Waals surface area contributed by atoms with Gasteiger partial charge in [0, 0.05) is 0 Å². The number of hydrogen-bond acceptors (Lipinski definition) is 0. The van der Waals surface area contributed by atoms with E-state index in [1.165, 1.54) is 6.08 Å². The summed E-state index contributed by atoms with van der Waals surface area (Å²) in [6, 6.07) is 0. The quantitative estimate of drug-likeness (QED) is 0.339. The van der Waals surface area contributed by atoms with Gasteiger partial charge in [0.25, 0.3) is 0 Å². The molecule has 1 heteroatoms. The molecule has 0 aliphatic carbocycles. The Morgan fingerprint density at radius 2 is 2.00 bits per heavy atom.